The van der Waals surface area contributed by atoms with Crippen LogP contribution in [0.15, 0.2) is 30.3 Å². The molecule has 5 nitrogen and oxygen atoms in total. The summed E-state index contributed by atoms with van der Waals surface area (Å²) in [6.45, 7) is 4.47. The van der Waals surface area contributed by atoms with E-state index in [9.17, 15) is 4.79 Å². The smallest absolute Gasteiger partial charge is 0.272 e. The molecule has 0 aliphatic carbocycles. The summed E-state index contributed by atoms with van der Waals surface area (Å²) in [5.74, 6) is -0.0348. The fourth-order valence-electron chi connectivity index (χ4n) is 2.71. The van der Waals surface area contributed by atoms with Gasteiger partial charge in [-0.05, 0) is 26.1 Å². The second kappa shape index (κ2) is 5.33. The van der Waals surface area contributed by atoms with Gasteiger partial charge in [0.15, 0.2) is 0 Å². The van der Waals surface area contributed by atoms with Crippen molar-refractivity contribution in [2.75, 3.05) is 32.4 Å². The van der Waals surface area contributed by atoms with Gasteiger partial charge in [0.25, 0.3) is 5.91 Å². The summed E-state index contributed by atoms with van der Waals surface area (Å²) >= 11 is 0. The summed E-state index contributed by atoms with van der Waals surface area (Å²) in [5, 5.41) is 0.890. The first-order valence-electron chi connectivity index (χ1n) is 7.21. The van der Waals surface area contributed by atoms with E-state index in [1.807, 2.05) is 29.2 Å². The van der Waals surface area contributed by atoms with Gasteiger partial charge in [0.1, 0.15) is 5.69 Å². The number of carbonyl (C=O) groups is 1. The minimum atomic E-state index is -0.0348. The summed E-state index contributed by atoms with van der Waals surface area (Å²) in [4.78, 5) is 21.2. The van der Waals surface area contributed by atoms with Crippen molar-refractivity contribution in [2.45, 2.75) is 13.0 Å². The lowest BCUT2D eigenvalue weighted by Crippen LogP contribution is -2.52. The largest absolute Gasteiger partial charge is 0.398 e. The molecule has 21 heavy (non-hydrogen) atoms. The first kappa shape index (κ1) is 13.8. The zero-order chi connectivity index (χ0) is 15.0. The Morgan fingerprint density at radius 2 is 2.10 bits per heavy atom. The van der Waals surface area contributed by atoms with Gasteiger partial charge in [-0.3, -0.25) is 4.79 Å². The summed E-state index contributed by atoms with van der Waals surface area (Å²) in [6.07, 6.45) is 0. The maximum absolute atomic E-state index is 12.6. The minimum Gasteiger partial charge on any atom is -0.398 e. The molecule has 2 N–H and O–H groups in total. The molecule has 0 saturated carbocycles. The molecule has 0 bridgehead atoms. The van der Waals surface area contributed by atoms with E-state index in [0.717, 1.165) is 30.5 Å². The summed E-state index contributed by atoms with van der Waals surface area (Å²) in [6, 6.07) is 9.68. The van der Waals surface area contributed by atoms with E-state index in [2.05, 4.69) is 23.9 Å². The van der Waals surface area contributed by atoms with Crippen molar-refractivity contribution in [1.82, 2.24) is 14.8 Å². The summed E-state index contributed by atoms with van der Waals surface area (Å²) in [7, 11) is 2.08. The Bertz CT molecular complexity index is 685. The van der Waals surface area contributed by atoms with Crippen LogP contribution in [0.1, 0.15) is 17.4 Å². The third-order valence-electron chi connectivity index (χ3n) is 4.21. The first-order chi connectivity index (χ1) is 10.1. The van der Waals surface area contributed by atoms with Crippen molar-refractivity contribution in [2.24, 2.45) is 0 Å². The highest BCUT2D eigenvalue weighted by atomic mass is 16.2. The number of nitrogens with two attached hydrogens (primary N) is 1. The number of fused-ring (bicyclic) bond motifs is 1. The van der Waals surface area contributed by atoms with Gasteiger partial charge in [0.05, 0.1) is 5.52 Å². The van der Waals surface area contributed by atoms with Crippen molar-refractivity contribution < 1.29 is 4.79 Å². The fraction of sp³-hybridized carbons (Fsp3) is 0.375. The lowest BCUT2D eigenvalue weighted by molar-refractivity contribution is 0.0567. The van der Waals surface area contributed by atoms with Gasteiger partial charge in [-0.1, -0.05) is 18.2 Å². The van der Waals surface area contributed by atoms with Gasteiger partial charge < -0.3 is 15.5 Å². The van der Waals surface area contributed by atoms with Crippen LogP contribution in [0.25, 0.3) is 10.9 Å². The number of likely N-dealkylation sites (N-methyl/N-ethyl adjacent to an activating group) is 1. The average molecular weight is 284 g/mol. The van der Waals surface area contributed by atoms with Crippen LogP contribution in [0.2, 0.25) is 0 Å². The van der Waals surface area contributed by atoms with Crippen LogP contribution in [0.4, 0.5) is 5.69 Å². The molecule has 1 amide bonds. The average Bonchev–Trinajstić information content (AvgIpc) is 2.49. The molecule has 3 rings (SSSR count). The number of rotatable bonds is 1. The highest BCUT2D eigenvalue weighted by Gasteiger charge is 2.26. The number of aromatic nitrogens is 1. The molecule has 1 aliphatic heterocycles. The maximum atomic E-state index is 12.6. The van der Waals surface area contributed by atoms with Crippen LogP contribution in [-0.2, 0) is 0 Å². The normalized spacial score (nSPS) is 19.9. The summed E-state index contributed by atoms with van der Waals surface area (Å²) in [5.41, 5.74) is 7.86. The van der Waals surface area contributed by atoms with Gasteiger partial charge in [-0.25, -0.2) is 4.98 Å². The van der Waals surface area contributed by atoms with Crippen molar-refractivity contribution in [3.63, 3.8) is 0 Å². The molecule has 1 aromatic carbocycles. The van der Waals surface area contributed by atoms with Crippen molar-refractivity contribution >= 4 is 22.5 Å². The number of benzene rings is 1. The number of anilines is 1. The lowest BCUT2D eigenvalue weighted by Gasteiger charge is -2.37. The first-order valence-corrected chi connectivity index (χ1v) is 7.21. The number of hydrogen-bond acceptors (Lipinski definition) is 4. The van der Waals surface area contributed by atoms with Crippen molar-refractivity contribution in [3.05, 3.63) is 36.0 Å². The van der Waals surface area contributed by atoms with Crippen LogP contribution >= 0.6 is 0 Å². The molecule has 0 radical (unpaired) electrons. The van der Waals surface area contributed by atoms with Gasteiger partial charge in [-0.15, -0.1) is 0 Å². The zero-order valence-corrected chi connectivity index (χ0v) is 12.4. The second-order valence-electron chi connectivity index (χ2n) is 5.69. The molecule has 2 aromatic rings. The molecule has 1 aromatic heterocycles. The number of nitrogen functional groups attached to an aromatic ring is 1. The molecule has 0 spiro atoms. The Hall–Kier alpha value is -2.14. The number of pyridine rings is 1. The third-order valence-corrected chi connectivity index (χ3v) is 4.21. The number of para-hydroxylation sites is 1. The zero-order valence-electron chi connectivity index (χ0n) is 12.4. The highest BCUT2D eigenvalue weighted by Crippen LogP contribution is 2.21. The number of carbonyl (C=O) groups excluding carboxylic acids is 1. The monoisotopic (exact) mass is 284 g/mol. The standard InChI is InChI=1S/C16H20N4O/c1-11-10-20(8-7-19(11)2)16(21)15-9-13(17)12-5-3-4-6-14(12)18-15/h3-6,9,11H,7-8,10H2,1-2H3,(H2,17,18). The molecule has 1 fully saturated rings. The number of piperazine rings is 1. The van der Waals surface area contributed by atoms with Crippen LogP contribution < -0.4 is 5.73 Å². The van der Waals surface area contributed by atoms with Crippen LogP contribution in [0.3, 0.4) is 0 Å². The Morgan fingerprint density at radius 1 is 1.33 bits per heavy atom. The molecule has 110 valence electrons. The molecule has 1 saturated heterocycles. The van der Waals surface area contributed by atoms with E-state index >= 15 is 0 Å². The Balaban J connectivity index is 1.91. The fourth-order valence-corrected chi connectivity index (χ4v) is 2.71. The van der Waals surface area contributed by atoms with Crippen LogP contribution in [0, 0.1) is 0 Å². The van der Waals surface area contributed by atoms with E-state index in [1.54, 1.807) is 6.07 Å². The minimum absolute atomic E-state index is 0.0348. The van der Waals surface area contributed by atoms with E-state index in [0.29, 0.717) is 17.4 Å². The predicted molar refractivity (Wildman–Crippen MR) is 84.2 cm³/mol. The van der Waals surface area contributed by atoms with Crippen molar-refractivity contribution in [3.8, 4) is 0 Å². The van der Waals surface area contributed by atoms with E-state index in [4.69, 9.17) is 5.73 Å². The number of nitrogens with zero attached hydrogens (tertiary/aromatic N) is 3. The van der Waals surface area contributed by atoms with E-state index in [1.165, 1.54) is 0 Å². The molecule has 2 heterocycles. The maximum Gasteiger partial charge on any atom is 0.272 e. The Labute approximate surface area is 124 Å². The number of amides is 1. The number of hydrogen-bond donors (Lipinski definition) is 1. The Morgan fingerprint density at radius 3 is 2.86 bits per heavy atom. The molecule has 1 aliphatic rings. The molecular weight excluding hydrogens is 264 g/mol. The van der Waals surface area contributed by atoms with Gasteiger partial charge in [0.2, 0.25) is 0 Å². The van der Waals surface area contributed by atoms with Gasteiger partial charge in [0, 0.05) is 36.7 Å². The molecular formula is C16H20N4O. The molecule has 5 heteroatoms. The second-order valence-corrected chi connectivity index (χ2v) is 5.69. The van der Waals surface area contributed by atoms with Crippen LogP contribution in [0.5, 0.6) is 0 Å². The topological polar surface area (TPSA) is 62.5 Å². The predicted octanol–water partition coefficient (Wildman–Crippen LogP) is 1.59. The van der Waals surface area contributed by atoms with Crippen LogP contribution in [-0.4, -0.2) is 53.4 Å². The van der Waals surface area contributed by atoms with E-state index in [-0.39, 0.29) is 5.91 Å². The lowest BCUT2D eigenvalue weighted by atomic mass is 10.1. The quantitative estimate of drug-likeness (QED) is 0.864. The SMILES string of the molecule is CC1CN(C(=O)c2cc(N)c3ccccc3n2)CCN1C. The Kier molecular flexibility index (Phi) is 3.51. The molecule has 1 unspecified atom stereocenters. The third kappa shape index (κ3) is 2.56. The molecule has 1 atom stereocenters. The highest BCUT2D eigenvalue weighted by molar-refractivity contribution is 5.99. The van der Waals surface area contributed by atoms with Gasteiger partial charge >= 0.3 is 0 Å². The van der Waals surface area contributed by atoms with Gasteiger partial charge in [-0.2, -0.15) is 0 Å². The van der Waals surface area contributed by atoms with E-state index < -0.39 is 0 Å². The summed E-state index contributed by atoms with van der Waals surface area (Å²) < 4.78 is 0. The van der Waals surface area contributed by atoms with Crippen molar-refractivity contribution in [1.29, 1.82) is 0 Å².